The Hall–Kier alpha value is -1.04. The molecule has 94 valence electrons. The molecule has 0 heterocycles. The van der Waals surface area contributed by atoms with E-state index in [4.69, 9.17) is 5.26 Å². The molecule has 0 aromatic rings. The lowest BCUT2D eigenvalue weighted by Gasteiger charge is -2.22. The molecule has 1 atom stereocenters. The maximum Gasteiger partial charge on any atom is 0.240 e. The van der Waals surface area contributed by atoms with E-state index < -0.39 is 5.41 Å². The summed E-state index contributed by atoms with van der Waals surface area (Å²) in [4.78, 5) is 12.0. The molecule has 2 aliphatic carbocycles. The first-order valence-electron chi connectivity index (χ1n) is 6.80. The molecule has 1 N–H and O–H groups in total. The van der Waals surface area contributed by atoms with E-state index in [0.29, 0.717) is 12.3 Å². The molecule has 0 aromatic heterocycles. The fraction of sp³-hybridized carbons (Fsp3) is 0.857. The molecule has 1 unspecified atom stereocenters. The van der Waals surface area contributed by atoms with Crippen molar-refractivity contribution in [3.05, 3.63) is 0 Å². The second kappa shape index (κ2) is 4.68. The molecule has 3 heteroatoms. The van der Waals surface area contributed by atoms with Crippen LogP contribution in [0.1, 0.15) is 46.0 Å². The third-order valence-corrected chi connectivity index (χ3v) is 4.41. The van der Waals surface area contributed by atoms with Crippen molar-refractivity contribution in [1.29, 1.82) is 5.26 Å². The molecular weight excluding hydrogens is 212 g/mol. The van der Waals surface area contributed by atoms with Crippen LogP contribution in [0.4, 0.5) is 0 Å². The summed E-state index contributed by atoms with van der Waals surface area (Å²) in [5.74, 6) is 2.28. The summed E-state index contributed by atoms with van der Waals surface area (Å²) < 4.78 is 0. The predicted molar refractivity (Wildman–Crippen MR) is 66.0 cm³/mol. The molecule has 0 saturated heterocycles. The standard InChI is InChI=1S/C14H22N2O/c1-3-14(2,9-15)13(17)16-8-12(10-4-5-10)11-6-7-11/h10-12H,3-8H2,1-2H3,(H,16,17). The van der Waals surface area contributed by atoms with E-state index in [-0.39, 0.29) is 5.91 Å². The average Bonchev–Trinajstić information content (AvgIpc) is 3.18. The Kier molecular flexibility index (Phi) is 3.42. The SMILES string of the molecule is CCC(C)(C#N)C(=O)NCC(C1CC1)C1CC1. The van der Waals surface area contributed by atoms with Gasteiger partial charge in [0.1, 0.15) is 5.41 Å². The summed E-state index contributed by atoms with van der Waals surface area (Å²) in [5.41, 5.74) is -0.850. The smallest absolute Gasteiger partial charge is 0.240 e. The van der Waals surface area contributed by atoms with Crippen LogP contribution >= 0.6 is 0 Å². The number of nitrogens with one attached hydrogen (secondary N) is 1. The fourth-order valence-electron chi connectivity index (χ4n) is 2.46. The number of rotatable bonds is 6. The van der Waals surface area contributed by atoms with Crippen LogP contribution in [0.3, 0.4) is 0 Å². The van der Waals surface area contributed by atoms with Crippen molar-refractivity contribution in [3.8, 4) is 6.07 Å². The van der Waals surface area contributed by atoms with E-state index in [1.807, 2.05) is 6.92 Å². The number of carbonyl (C=O) groups is 1. The maximum atomic E-state index is 12.0. The summed E-state index contributed by atoms with van der Waals surface area (Å²) >= 11 is 0. The van der Waals surface area contributed by atoms with Crippen LogP contribution in [0.2, 0.25) is 0 Å². The van der Waals surface area contributed by atoms with Gasteiger partial charge in [-0.25, -0.2) is 0 Å². The van der Waals surface area contributed by atoms with E-state index in [1.165, 1.54) is 25.7 Å². The lowest BCUT2D eigenvalue weighted by atomic mass is 9.88. The van der Waals surface area contributed by atoms with Gasteiger partial charge in [0.05, 0.1) is 6.07 Å². The molecule has 3 nitrogen and oxygen atoms in total. The molecule has 0 aliphatic heterocycles. The molecular formula is C14H22N2O. The van der Waals surface area contributed by atoms with Gasteiger partial charge in [-0.15, -0.1) is 0 Å². The molecule has 1 amide bonds. The number of amides is 1. The van der Waals surface area contributed by atoms with E-state index in [2.05, 4.69) is 11.4 Å². The third kappa shape index (κ3) is 2.80. The average molecular weight is 234 g/mol. The second-order valence-corrected chi connectivity index (χ2v) is 5.85. The highest BCUT2D eigenvalue weighted by molar-refractivity contribution is 5.84. The lowest BCUT2D eigenvalue weighted by Crippen LogP contribution is -2.40. The number of carbonyl (C=O) groups excluding carboxylic acids is 1. The van der Waals surface area contributed by atoms with Crippen LogP contribution in [0.25, 0.3) is 0 Å². The summed E-state index contributed by atoms with van der Waals surface area (Å²) in [6.07, 6.45) is 5.91. The van der Waals surface area contributed by atoms with Crippen molar-refractivity contribution in [2.45, 2.75) is 46.0 Å². The van der Waals surface area contributed by atoms with Crippen molar-refractivity contribution in [1.82, 2.24) is 5.32 Å². The Bertz CT molecular complexity index is 327. The minimum atomic E-state index is -0.850. The number of hydrogen-bond donors (Lipinski definition) is 1. The van der Waals surface area contributed by atoms with Gasteiger partial charge in [0, 0.05) is 6.54 Å². The minimum absolute atomic E-state index is 0.0891. The Balaban J connectivity index is 1.84. The van der Waals surface area contributed by atoms with Crippen LogP contribution < -0.4 is 5.32 Å². The molecule has 2 aliphatic rings. The van der Waals surface area contributed by atoms with E-state index >= 15 is 0 Å². The Morgan fingerprint density at radius 3 is 2.29 bits per heavy atom. The zero-order chi connectivity index (χ0) is 12.5. The summed E-state index contributed by atoms with van der Waals surface area (Å²) in [7, 11) is 0. The zero-order valence-electron chi connectivity index (χ0n) is 10.8. The maximum absolute atomic E-state index is 12.0. The van der Waals surface area contributed by atoms with Crippen molar-refractivity contribution >= 4 is 5.91 Å². The number of hydrogen-bond acceptors (Lipinski definition) is 2. The van der Waals surface area contributed by atoms with Crippen LogP contribution in [0.5, 0.6) is 0 Å². The van der Waals surface area contributed by atoms with Crippen LogP contribution in [-0.2, 0) is 4.79 Å². The predicted octanol–water partition coefficient (Wildman–Crippen LogP) is 2.48. The van der Waals surface area contributed by atoms with Gasteiger partial charge in [-0.05, 0) is 56.8 Å². The normalized spacial score (nSPS) is 22.9. The summed E-state index contributed by atoms with van der Waals surface area (Å²) in [5, 5.41) is 12.1. The second-order valence-electron chi connectivity index (χ2n) is 5.85. The van der Waals surface area contributed by atoms with Crippen molar-refractivity contribution < 1.29 is 4.79 Å². The van der Waals surface area contributed by atoms with Crippen molar-refractivity contribution in [3.63, 3.8) is 0 Å². The molecule has 0 bridgehead atoms. The molecule has 17 heavy (non-hydrogen) atoms. The Morgan fingerprint density at radius 2 is 1.94 bits per heavy atom. The molecule has 0 aromatic carbocycles. The van der Waals surface area contributed by atoms with Gasteiger partial charge in [0.2, 0.25) is 5.91 Å². The lowest BCUT2D eigenvalue weighted by molar-refractivity contribution is -0.127. The van der Waals surface area contributed by atoms with Gasteiger partial charge in [-0.2, -0.15) is 5.26 Å². The van der Waals surface area contributed by atoms with Crippen molar-refractivity contribution in [2.75, 3.05) is 6.54 Å². The Labute approximate surface area is 104 Å². The van der Waals surface area contributed by atoms with Crippen LogP contribution in [0.15, 0.2) is 0 Å². The van der Waals surface area contributed by atoms with E-state index in [1.54, 1.807) is 6.92 Å². The molecule has 0 radical (unpaired) electrons. The largest absolute Gasteiger partial charge is 0.354 e. The van der Waals surface area contributed by atoms with Gasteiger partial charge in [-0.3, -0.25) is 4.79 Å². The monoisotopic (exact) mass is 234 g/mol. The van der Waals surface area contributed by atoms with Crippen LogP contribution in [0, 0.1) is 34.5 Å². The van der Waals surface area contributed by atoms with Crippen molar-refractivity contribution in [2.24, 2.45) is 23.2 Å². The molecule has 2 saturated carbocycles. The highest BCUT2D eigenvalue weighted by Gasteiger charge is 2.42. The third-order valence-electron chi connectivity index (χ3n) is 4.41. The highest BCUT2D eigenvalue weighted by Crippen LogP contribution is 2.48. The molecule has 2 fully saturated rings. The summed E-state index contributed by atoms with van der Waals surface area (Å²) in [6, 6.07) is 2.13. The zero-order valence-corrected chi connectivity index (χ0v) is 10.8. The van der Waals surface area contributed by atoms with Gasteiger partial charge < -0.3 is 5.32 Å². The van der Waals surface area contributed by atoms with Gasteiger partial charge in [0.25, 0.3) is 0 Å². The summed E-state index contributed by atoms with van der Waals surface area (Å²) in [6.45, 7) is 4.40. The number of nitriles is 1. The highest BCUT2D eigenvalue weighted by atomic mass is 16.2. The fourth-order valence-corrected chi connectivity index (χ4v) is 2.46. The molecule has 2 rings (SSSR count). The van der Waals surface area contributed by atoms with E-state index in [0.717, 1.165) is 18.4 Å². The first kappa shape index (κ1) is 12.4. The minimum Gasteiger partial charge on any atom is -0.354 e. The van der Waals surface area contributed by atoms with Gasteiger partial charge in [0.15, 0.2) is 0 Å². The molecule has 0 spiro atoms. The van der Waals surface area contributed by atoms with Gasteiger partial charge in [-0.1, -0.05) is 6.92 Å². The van der Waals surface area contributed by atoms with Gasteiger partial charge >= 0.3 is 0 Å². The van der Waals surface area contributed by atoms with E-state index in [9.17, 15) is 4.79 Å². The Morgan fingerprint density at radius 1 is 1.41 bits per heavy atom. The quantitative estimate of drug-likeness (QED) is 0.767. The first-order valence-corrected chi connectivity index (χ1v) is 6.80. The number of nitrogens with zero attached hydrogens (tertiary/aromatic N) is 1. The van der Waals surface area contributed by atoms with Crippen LogP contribution in [-0.4, -0.2) is 12.5 Å². The first-order chi connectivity index (χ1) is 8.10. The topological polar surface area (TPSA) is 52.9 Å².